The summed E-state index contributed by atoms with van der Waals surface area (Å²) < 4.78 is 5.15. The van der Waals surface area contributed by atoms with Crippen molar-refractivity contribution in [2.45, 2.75) is 6.42 Å². The topological polar surface area (TPSA) is 49.8 Å². The standard InChI is InChI=1S/C16H18ClNO3/c1-21-11-12-6-8-18(9-7-12)15-4-3-14(17)10-13(15)2-5-16(19)20/h2-6,10H,7-9,11H2,1H3,(H,19,20)/b5-2+. The van der Waals surface area contributed by atoms with Crippen molar-refractivity contribution in [3.63, 3.8) is 0 Å². The van der Waals surface area contributed by atoms with Crippen LogP contribution in [0.4, 0.5) is 5.69 Å². The summed E-state index contributed by atoms with van der Waals surface area (Å²) in [4.78, 5) is 12.9. The predicted octanol–water partition coefficient (Wildman–Crippen LogP) is 3.22. The van der Waals surface area contributed by atoms with Crippen LogP contribution in [0.5, 0.6) is 0 Å². The molecule has 0 saturated carbocycles. The van der Waals surface area contributed by atoms with Gasteiger partial charge in [0.2, 0.25) is 0 Å². The molecule has 0 unspecified atom stereocenters. The maximum absolute atomic E-state index is 10.7. The lowest BCUT2D eigenvalue weighted by Gasteiger charge is -2.29. The summed E-state index contributed by atoms with van der Waals surface area (Å²) in [7, 11) is 1.70. The molecule has 4 nitrogen and oxygen atoms in total. The lowest BCUT2D eigenvalue weighted by Crippen LogP contribution is -2.29. The van der Waals surface area contributed by atoms with Crippen molar-refractivity contribution in [1.29, 1.82) is 0 Å². The number of aliphatic carboxylic acids is 1. The van der Waals surface area contributed by atoms with Gasteiger partial charge in [-0.2, -0.15) is 0 Å². The largest absolute Gasteiger partial charge is 0.478 e. The Bertz CT molecular complexity index is 581. The van der Waals surface area contributed by atoms with Crippen LogP contribution in [-0.2, 0) is 9.53 Å². The van der Waals surface area contributed by atoms with Crippen LogP contribution in [0.15, 0.2) is 35.9 Å². The Morgan fingerprint density at radius 2 is 2.33 bits per heavy atom. The average molecular weight is 308 g/mol. The van der Waals surface area contributed by atoms with Gasteiger partial charge in [-0.1, -0.05) is 17.7 Å². The first-order chi connectivity index (χ1) is 10.1. The molecule has 0 saturated heterocycles. The molecule has 0 atom stereocenters. The molecule has 0 aliphatic carbocycles. The van der Waals surface area contributed by atoms with Crippen molar-refractivity contribution in [3.8, 4) is 0 Å². The van der Waals surface area contributed by atoms with Crippen molar-refractivity contribution >= 4 is 29.3 Å². The number of nitrogens with zero attached hydrogens (tertiary/aromatic N) is 1. The van der Waals surface area contributed by atoms with E-state index in [1.54, 1.807) is 19.3 Å². The number of hydrogen-bond acceptors (Lipinski definition) is 3. The number of carboxylic acids is 1. The number of halogens is 1. The molecule has 1 aromatic carbocycles. The Kier molecular flexibility index (Phi) is 5.42. The number of methoxy groups -OCH3 is 1. The first kappa shape index (κ1) is 15.6. The zero-order chi connectivity index (χ0) is 15.2. The van der Waals surface area contributed by atoms with Gasteiger partial charge in [0.05, 0.1) is 6.61 Å². The van der Waals surface area contributed by atoms with Gasteiger partial charge < -0.3 is 14.7 Å². The Balaban J connectivity index is 2.22. The fraction of sp³-hybridized carbons (Fsp3) is 0.312. The van der Waals surface area contributed by atoms with Gasteiger partial charge in [0.15, 0.2) is 0 Å². The minimum Gasteiger partial charge on any atom is -0.478 e. The Labute approximate surface area is 129 Å². The van der Waals surface area contributed by atoms with E-state index in [0.717, 1.165) is 36.8 Å². The summed E-state index contributed by atoms with van der Waals surface area (Å²) in [6.45, 7) is 2.33. The Morgan fingerprint density at radius 3 is 2.95 bits per heavy atom. The Morgan fingerprint density at radius 1 is 1.52 bits per heavy atom. The first-order valence-electron chi connectivity index (χ1n) is 6.72. The predicted molar refractivity (Wildman–Crippen MR) is 84.9 cm³/mol. The SMILES string of the molecule is COCC1=CCN(c2ccc(Cl)cc2/C=C/C(=O)O)CC1. The quantitative estimate of drug-likeness (QED) is 0.670. The fourth-order valence-electron chi connectivity index (χ4n) is 2.35. The summed E-state index contributed by atoms with van der Waals surface area (Å²) in [6.07, 6.45) is 5.81. The number of benzene rings is 1. The molecule has 0 fully saturated rings. The van der Waals surface area contributed by atoms with Gasteiger partial charge in [0, 0.05) is 37.0 Å². The van der Waals surface area contributed by atoms with Gasteiger partial charge >= 0.3 is 5.97 Å². The molecule has 0 aromatic heterocycles. The van der Waals surface area contributed by atoms with Gasteiger partial charge in [0.1, 0.15) is 0 Å². The van der Waals surface area contributed by atoms with E-state index in [2.05, 4.69) is 11.0 Å². The van der Waals surface area contributed by atoms with E-state index in [-0.39, 0.29) is 0 Å². The van der Waals surface area contributed by atoms with E-state index >= 15 is 0 Å². The highest BCUT2D eigenvalue weighted by Gasteiger charge is 2.14. The Hall–Kier alpha value is -1.78. The number of rotatable bonds is 5. The van der Waals surface area contributed by atoms with Crippen LogP contribution in [0.3, 0.4) is 0 Å². The fourth-order valence-corrected chi connectivity index (χ4v) is 2.53. The molecule has 112 valence electrons. The average Bonchev–Trinajstić information content (AvgIpc) is 2.46. The van der Waals surface area contributed by atoms with Crippen LogP contribution in [-0.4, -0.2) is 37.9 Å². The second-order valence-corrected chi connectivity index (χ2v) is 5.30. The van der Waals surface area contributed by atoms with Crippen molar-refractivity contribution in [2.24, 2.45) is 0 Å². The summed E-state index contributed by atoms with van der Waals surface area (Å²) >= 11 is 6.01. The number of hydrogen-bond donors (Lipinski definition) is 1. The van der Waals surface area contributed by atoms with Gasteiger partial charge in [0.25, 0.3) is 0 Å². The normalized spacial score (nSPS) is 15.3. The molecular weight excluding hydrogens is 290 g/mol. The van der Waals surface area contributed by atoms with Crippen LogP contribution in [0.1, 0.15) is 12.0 Å². The molecule has 0 bridgehead atoms. The van der Waals surface area contributed by atoms with Crippen molar-refractivity contribution < 1.29 is 14.6 Å². The minimum atomic E-state index is -0.971. The van der Waals surface area contributed by atoms with Gasteiger partial charge in [-0.05, 0) is 41.8 Å². The minimum absolute atomic E-state index is 0.594. The lowest BCUT2D eigenvalue weighted by atomic mass is 10.1. The van der Waals surface area contributed by atoms with Crippen LogP contribution < -0.4 is 4.90 Å². The lowest BCUT2D eigenvalue weighted by molar-refractivity contribution is -0.131. The van der Waals surface area contributed by atoms with E-state index in [9.17, 15) is 4.79 Å². The van der Waals surface area contributed by atoms with E-state index < -0.39 is 5.97 Å². The van der Waals surface area contributed by atoms with E-state index in [1.165, 1.54) is 5.57 Å². The molecular formula is C16H18ClNO3. The number of carboxylic acid groups (broad SMARTS) is 1. The summed E-state index contributed by atoms with van der Waals surface area (Å²) in [5.41, 5.74) is 3.10. The van der Waals surface area contributed by atoms with Crippen LogP contribution >= 0.6 is 11.6 Å². The highest BCUT2D eigenvalue weighted by atomic mass is 35.5. The smallest absolute Gasteiger partial charge is 0.328 e. The van der Waals surface area contributed by atoms with Crippen molar-refractivity contribution in [1.82, 2.24) is 0 Å². The highest BCUT2D eigenvalue weighted by molar-refractivity contribution is 6.30. The molecule has 1 N–H and O–H groups in total. The van der Waals surface area contributed by atoms with E-state index in [0.29, 0.717) is 11.6 Å². The van der Waals surface area contributed by atoms with Gasteiger partial charge in [-0.15, -0.1) is 0 Å². The number of ether oxygens (including phenoxy) is 1. The number of anilines is 1. The third kappa shape index (κ3) is 4.34. The molecule has 0 spiro atoms. The number of carbonyl (C=O) groups is 1. The van der Waals surface area contributed by atoms with Crippen LogP contribution in [0, 0.1) is 0 Å². The molecule has 1 aromatic rings. The molecule has 21 heavy (non-hydrogen) atoms. The van der Waals surface area contributed by atoms with Crippen molar-refractivity contribution in [2.75, 3.05) is 31.7 Å². The third-order valence-corrected chi connectivity index (χ3v) is 3.60. The molecule has 1 heterocycles. The molecule has 2 rings (SSSR count). The molecule has 5 heteroatoms. The molecule has 0 amide bonds. The second kappa shape index (κ2) is 7.29. The third-order valence-electron chi connectivity index (χ3n) is 3.37. The first-order valence-corrected chi connectivity index (χ1v) is 7.10. The zero-order valence-electron chi connectivity index (χ0n) is 11.9. The maximum atomic E-state index is 10.7. The second-order valence-electron chi connectivity index (χ2n) is 4.87. The van der Waals surface area contributed by atoms with Crippen LogP contribution in [0.2, 0.25) is 5.02 Å². The van der Waals surface area contributed by atoms with E-state index in [4.69, 9.17) is 21.4 Å². The summed E-state index contributed by atoms with van der Waals surface area (Å²) in [5, 5.41) is 9.38. The van der Waals surface area contributed by atoms with Crippen LogP contribution in [0.25, 0.3) is 6.08 Å². The van der Waals surface area contributed by atoms with Gasteiger partial charge in [-0.3, -0.25) is 0 Å². The molecule has 1 aliphatic heterocycles. The highest BCUT2D eigenvalue weighted by Crippen LogP contribution is 2.28. The van der Waals surface area contributed by atoms with Crippen molar-refractivity contribution in [3.05, 3.63) is 46.5 Å². The molecule has 0 radical (unpaired) electrons. The van der Waals surface area contributed by atoms with E-state index in [1.807, 2.05) is 12.1 Å². The monoisotopic (exact) mass is 307 g/mol. The summed E-state index contributed by atoms with van der Waals surface area (Å²) in [6, 6.07) is 5.53. The summed E-state index contributed by atoms with van der Waals surface area (Å²) in [5.74, 6) is -0.971. The maximum Gasteiger partial charge on any atom is 0.328 e. The van der Waals surface area contributed by atoms with Gasteiger partial charge in [-0.25, -0.2) is 4.79 Å². The molecule has 1 aliphatic rings. The zero-order valence-corrected chi connectivity index (χ0v) is 12.6.